The van der Waals surface area contributed by atoms with E-state index >= 15 is 0 Å². The Morgan fingerprint density at radius 2 is 1.56 bits per heavy atom. The standard InChI is InChI=1S/C15H25N/c1-10(9-16)6-7-15-13(4)11(2)8-12(3)14(15)5/h8,10H,6-7,9,16H2,1-5H3. The number of aryl methyl sites for hydroxylation is 2. The van der Waals surface area contributed by atoms with Crippen LogP contribution in [-0.4, -0.2) is 6.54 Å². The first-order valence-electron chi connectivity index (χ1n) is 6.23. The Hall–Kier alpha value is -0.820. The van der Waals surface area contributed by atoms with Crippen molar-refractivity contribution < 1.29 is 0 Å². The Kier molecular flexibility index (Phi) is 4.55. The first-order valence-corrected chi connectivity index (χ1v) is 6.23. The Bertz CT molecular complexity index is 340. The lowest BCUT2D eigenvalue weighted by atomic mass is 9.89. The van der Waals surface area contributed by atoms with Crippen molar-refractivity contribution >= 4 is 0 Å². The van der Waals surface area contributed by atoms with Crippen LogP contribution in [0.2, 0.25) is 0 Å². The van der Waals surface area contributed by atoms with Gasteiger partial charge in [-0.3, -0.25) is 0 Å². The molecule has 1 nitrogen and oxygen atoms in total. The summed E-state index contributed by atoms with van der Waals surface area (Å²) in [5.41, 5.74) is 13.0. The van der Waals surface area contributed by atoms with E-state index in [9.17, 15) is 0 Å². The van der Waals surface area contributed by atoms with Gasteiger partial charge in [0, 0.05) is 0 Å². The summed E-state index contributed by atoms with van der Waals surface area (Å²) in [5.74, 6) is 0.625. The van der Waals surface area contributed by atoms with E-state index in [0.29, 0.717) is 5.92 Å². The fraction of sp³-hybridized carbons (Fsp3) is 0.600. The van der Waals surface area contributed by atoms with Gasteiger partial charge in [-0.25, -0.2) is 0 Å². The van der Waals surface area contributed by atoms with Crippen LogP contribution in [0.4, 0.5) is 0 Å². The van der Waals surface area contributed by atoms with Gasteiger partial charge in [-0.05, 0) is 80.8 Å². The molecule has 1 heteroatoms. The average molecular weight is 219 g/mol. The number of rotatable bonds is 4. The molecule has 0 aliphatic rings. The van der Waals surface area contributed by atoms with Crippen molar-refractivity contribution in [3.63, 3.8) is 0 Å². The molecule has 1 aromatic carbocycles. The van der Waals surface area contributed by atoms with E-state index in [4.69, 9.17) is 5.73 Å². The minimum Gasteiger partial charge on any atom is -0.330 e. The summed E-state index contributed by atoms with van der Waals surface area (Å²) < 4.78 is 0. The van der Waals surface area contributed by atoms with Gasteiger partial charge in [-0.1, -0.05) is 13.0 Å². The van der Waals surface area contributed by atoms with Gasteiger partial charge < -0.3 is 5.73 Å². The highest BCUT2D eigenvalue weighted by molar-refractivity contribution is 5.44. The number of hydrogen-bond acceptors (Lipinski definition) is 1. The second-order valence-corrected chi connectivity index (χ2v) is 5.12. The molecule has 0 bridgehead atoms. The maximum atomic E-state index is 5.67. The molecule has 0 amide bonds. The van der Waals surface area contributed by atoms with Crippen LogP contribution in [0.15, 0.2) is 6.07 Å². The van der Waals surface area contributed by atoms with Gasteiger partial charge in [0.15, 0.2) is 0 Å². The molecule has 16 heavy (non-hydrogen) atoms. The first kappa shape index (κ1) is 13.2. The molecule has 0 saturated heterocycles. The van der Waals surface area contributed by atoms with Gasteiger partial charge in [0.2, 0.25) is 0 Å². The van der Waals surface area contributed by atoms with Crippen molar-refractivity contribution in [1.29, 1.82) is 0 Å². The van der Waals surface area contributed by atoms with Crippen LogP contribution in [0.3, 0.4) is 0 Å². The van der Waals surface area contributed by atoms with Gasteiger partial charge in [-0.2, -0.15) is 0 Å². The Labute approximate surface area is 100 Å². The second kappa shape index (κ2) is 5.49. The lowest BCUT2D eigenvalue weighted by Crippen LogP contribution is -2.12. The third-order valence-electron chi connectivity index (χ3n) is 3.81. The van der Waals surface area contributed by atoms with Crippen molar-refractivity contribution in [2.45, 2.75) is 47.5 Å². The molecule has 0 radical (unpaired) electrons. The smallest absolute Gasteiger partial charge is 0.00514 e. The summed E-state index contributed by atoms with van der Waals surface area (Å²) in [6, 6.07) is 2.29. The summed E-state index contributed by atoms with van der Waals surface area (Å²) in [5, 5.41) is 0. The average Bonchev–Trinajstić information content (AvgIpc) is 2.26. The van der Waals surface area contributed by atoms with E-state index in [1.807, 2.05) is 0 Å². The lowest BCUT2D eigenvalue weighted by molar-refractivity contribution is 0.543. The molecule has 0 heterocycles. The topological polar surface area (TPSA) is 26.0 Å². The summed E-state index contributed by atoms with van der Waals surface area (Å²) in [6.07, 6.45) is 2.36. The minimum absolute atomic E-state index is 0.625. The van der Waals surface area contributed by atoms with Crippen molar-refractivity contribution in [3.05, 3.63) is 33.9 Å². The zero-order valence-electron chi connectivity index (χ0n) is 11.4. The quantitative estimate of drug-likeness (QED) is 0.824. The van der Waals surface area contributed by atoms with Crippen LogP contribution < -0.4 is 5.73 Å². The number of nitrogens with two attached hydrogens (primary N) is 1. The molecule has 0 fully saturated rings. The summed E-state index contributed by atoms with van der Waals surface area (Å²) >= 11 is 0. The molecule has 0 saturated carbocycles. The van der Waals surface area contributed by atoms with Gasteiger partial charge in [0.1, 0.15) is 0 Å². The fourth-order valence-corrected chi connectivity index (χ4v) is 2.18. The van der Waals surface area contributed by atoms with E-state index in [1.54, 1.807) is 0 Å². The van der Waals surface area contributed by atoms with Gasteiger partial charge in [0.25, 0.3) is 0 Å². The first-order chi connectivity index (χ1) is 7.47. The molecule has 90 valence electrons. The molecular weight excluding hydrogens is 194 g/mol. The molecule has 1 aromatic rings. The van der Waals surface area contributed by atoms with Crippen LogP contribution in [0.5, 0.6) is 0 Å². The maximum absolute atomic E-state index is 5.67. The monoisotopic (exact) mass is 219 g/mol. The summed E-state index contributed by atoms with van der Waals surface area (Å²) in [4.78, 5) is 0. The van der Waals surface area contributed by atoms with Crippen molar-refractivity contribution in [3.8, 4) is 0 Å². The molecule has 1 unspecified atom stereocenters. The SMILES string of the molecule is Cc1cc(C)c(C)c(CCC(C)CN)c1C. The summed E-state index contributed by atoms with van der Waals surface area (Å²) in [6.45, 7) is 11.9. The molecule has 0 aromatic heterocycles. The molecular formula is C15H25N. The predicted molar refractivity (Wildman–Crippen MR) is 71.9 cm³/mol. The van der Waals surface area contributed by atoms with Crippen LogP contribution in [0.25, 0.3) is 0 Å². The van der Waals surface area contributed by atoms with Gasteiger partial charge >= 0.3 is 0 Å². The Morgan fingerprint density at radius 3 is 2.00 bits per heavy atom. The summed E-state index contributed by atoms with van der Waals surface area (Å²) in [7, 11) is 0. The van der Waals surface area contributed by atoms with Crippen LogP contribution >= 0.6 is 0 Å². The van der Waals surface area contributed by atoms with E-state index in [-0.39, 0.29) is 0 Å². The van der Waals surface area contributed by atoms with Crippen LogP contribution in [0, 0.1) is 33.6 Å². The highest BCUT2D eigenvalue weighted by Crippen LogP contribution is 2.23. The third-order valence-corrected chi connectivity index (χ3v) is 3.81. The molecule has 0 aliphatic carbocycles. The predicted octanol–water partition coefficient (Wildman–Crippen LogP) is 3.45. The van der Waals surface area contributed by atoms with E-state index in [0.717, 1.165) is 6.54 Å². The van der Waals surface area contributed by atoms with E-state index < -0.39 is 0 Å². The molecule has 1 rings (SSSR count). The van der Waals surface area contributed by atoms with E-state index in [2.05, 4.69) is 40.7 Å². The van der Waals surface area contributed by atoms with Gasteiger partial charge in [-0.15, -0.1) is 0 Å². The Balaban J connectivity index is 2.94. The fourth-order valence-electron chi connectivity index (χ4n) is 2.18. The second-order valence-electron chi connectivity index (χ2n) is 5.12. The highest BCUT2D eigenvalue weighted by atomic mass is 14.5. The highest BCUT2D eigenvalue weighted by Gasteiger charge is 2.09. The van der Waals surface area contributed by atoms with E-state index in [1.165, 1.54) is 40.7 Å². The third kappa shape index (κ3) is 2.85. The molecule has 0 aliphatic heterocycles. The largest absolute Gasteiger partial charge is 0.330 e. The minimum atomic E-state index is 0.625. The molecule has 1 atom stereocenters. The van der Waals surface area contributed by atoms with Crippen LogP contribution in [-0.2, 0) is 6.42 Å². The molecule has 2 N–H and O–H groups in total. The Morgan fingerprint density at radius 1 is 1.06 bits per heavy atom. The van der Waals surface area contributed by atoms with Crippen molar-refractivity contribution in [2.24, 2.45) is 11.7 Å². The maximum Gasteiger partial charge on any atom is -0.00514 e. The number of benzene rings is 1. The van der Waals surface area contributed by atoms with Crippen molar-refractivity contribution in [1.82, 2.24) is 0 Å². The lowest BCUT2D eigenvalue weighted by Gasteiger charge is -2.16. The molecule has 0 spiro atoms. The van der Waals surface area contributed by atoms with Crippen LogP contribution in [0.1, 0.15) is 41.2 Å². The van der Waals surface area contributed by atoms with Crippen molar-refractivity contribution in [2.75, 3.05) is 6.54 Å². The number of hydrogen-bond donors (Lipinski definition) is 1. The van der Waals surface area contributed by atoms with Gasteiger partial charge in [0.05, 0.1) is 0 Å². The zero-order valence-corrected chi connectivity index (χ0v) is 11.4. The zero-order chi connectivity index (χ0) is 12.3. The normalized spacial score (nSPS) is 12.9.